The molecule has 0 amide bonds. The lowest BCUT2D eigenvalue weighted by molar-refractivity contribution is 0.0474. The Morgan fingerprint density at radius 3 is 2.29 bits per heavy atom. The Bertz CT molecular complexity index is 768. The molecule has 0 saturated carbocycles. The standard InChI is InChI=1S/C24H34O3Si/c1-19(2)18-22(27-23(25)21-12-10-9-11-13-21)15-14-20(3)16-17-26-28(7,8)24(4,5)6/h9-13,16,18,22H,17H2,1-8H3/b20-16-. The van der Waals surface area contributed by atoms with Crippen molar-refractivity contribution in [2.24, 2.45) is 0 Å². The Hall–Kier alpha value is -2.09. The molecule has 1 rings (SSSR count). The monoisotopic (exact) mass is 398 g/mol. The summed E-state index contributed by atoms with van der Waals surface area (Å²) in [7, 11) is -1.77. The summed E-state index contributed by atoms with van der Waals surface area (Å²) in [4.78, 5) is 12.3. The number of esters is 1. The molecule has 1 aromatic carbocycles. The predicted molar refractivity (Wildman–Crippen MR) is 120 cm³/mol. The van der Waals surface area contributed by atoms with Gasteiger partial charge in [0.2, 0.25) is 0 Å². The van der Waals surface area contributed by atoms with Gasteiger partial charge in [-0.25, -0.2) is 4.79 Å². The number of hydrogen-bond acceptors (Lipinski definition) is 3. The maximum absolute atomic E-state index is 12.3. The van der Waals surface area contributed by atoms with Gasteiger partial charge in [-0.15, -0.1) is 0 Å². The van der Waals surface area contributed by atoms with Crippen molar-refractivity contribution in [3.05, 3.63) is 59.2 Å². The van der Waals surface area contributed by atoms with E-state index in [1.165, 1.54) is 0 Å². The van der Waals surface area contributed by atoms with Gasteiger partial charge in [0.15, 0.2) is 14.4 Å². The molecule has 1 atom stereocenters. The lowest BCUT2D eigenvalue weighted by Gasteiger charge is -2.35. The molecule has 0 fully saturated rings. The smallest absolute Gasteiger partial charge is 0.339 e. The molecule has 4 heteroatoms. The highest BCUT2D eigenvalue weighted by molar-refractivity contribution is 6.74. The molecule has 0 aliphatic heterocycles. The van der Waals surface area contributed by atoms with Crippen LogP contribution in [0.4, 0.5) is 0 Å². The molecule has 1 unspecified atom stereocenters. The Kier molecular flexibility index (Phi) is 8.94. The number of hydrogen-bond donors (Lipinski definition) is 0. The zero-order valence-corrected chi connectivity index (χ0v) is 19.6. The van der Waals surface area contributed by atoms with Crippen molar-refractivity contribution in [2.75, 3.05) is 6.61 Å². The molecule has 0 radical (unpaired) electrons. The second-order valence-corrected chi connectivity index (χ2v) is 13.5. The highest BCUT2D eigenvalue weighted by Gasteiger charge is 2.36. The fraction of sp³-hybridized carbons (Fsp3) is 0.458. The Balaban J connectivity index is 2.81. The molecule has 28 heavy (non-hydrogen) atoms. The van der Waals surface area contributed by atoms with Crippen molar-refractivity contribution in [2.45, 2.75) is 65.8 Å². The Morgan fingerprint density at radius 2 is 1.75 bits per heavy atom. The number of rotatable bonds is 6. The van der Waals surface area contributed by atoms with Crippen LogP contribution in [0.15, 0.2) is 53.6 Å². The number of carbonyl (C=O) groups excluding carboxylic acids is 1. The molecule has 0 aliphatic rings. The minimum absolute atomic E-state index is 0.181. The molecule has 0 bridgehead atoms. The number of carbonyl (C=O) groups is 1. The summed E-state index contributed by atoms with van der Waals surface area (Å²) < 4.78 is 11.7. The van der Waals surface area contributed by atoms with Crippen molar-refractivity contribution >= 4 is 14.3 Å². The summed E-state index contributed by atoms with van der Waals surface area (Å²) in [5.41, 5.74) is 2.47. The van der Waals surface area contributed by atoms with Crippen molar-refractivity contribution in [3.63, 3.8) is 0 Å². The minimum Gasteiger partial charge on any atom is -0.441 e. The van der Waals surface area contributed by atoms with Crippen LogP contribution < -0.4 is 0 Å². The van der Waals surface area contributed by atoms with Crippen LogP contribution in [0, 0.1) is 11.8 Å². The van der Waals surface area contributed by atoms with E-state index in [9.17, 15) is 4.79 Å². The molecule has 0 aromatic heterocycles. The fourth-order valence-electron chi connectivity index (χ4n) is 1.99. The van der Waals surface area contributed by atoms with Crippen LogP contribution in [-0.2, 0) is 9.16 Å². The molecular weight excluding hydrogens is 364 g/mol. The third-order valence-electron chi connectivity index (χ3n) is 4.78. The third-order valence-corrected chi connectivity index (χ3v) is 9.28. The van der Waals surface area contributed by atoms with Gasteiger partial charge >= 0.3 is 5.97 Å². The first-order chi connectivity index (χ1) is 12.9. The van der Waals surface area contributed by atoms with E-state index < -0.39 is 14.4 Å². The molecule has 152 valence electrons. The average molecular weight is 399 g/mol. The van der Waals surface area contributed by atoms with E-state index in [-0.39, 0.29) is 11.0 Å². The first kappa shape index (κ1) is 23.9. The van der Waals surface area contributed by atoms with Crippen LogP contribution in [0.1, 0.15) is 51.9 Å². The van der Waals surface area contributed by atoms with Gasteiger partial charge < -0.3 is 9.16 Å². The topological polar surface area (TPSA) is 35.5 Å². The zero-order valence-electron chi connectivity index (χ0n) is 18.6. The van der Waals surface area contributed by atoms with Crippen LogP contribution in [0.3, 0.4) is 0 Å². The van der Waals surface area contributed by atoms with Crippen LogP contribution in [0.5, 0.6) is 0 Å². The SMILES string of the molecule is CC(C)=CC(C#C/C(C)=C\CO[Si](C)(C)C(C)(C)C)OC(=O)c1ccccc1. The normalized spacial score (nSPS) is 13.2. The largest absolute Gasteiger partial charge is 0.441 e. The summed E-state index contributed by atoms with van der Waals surface area (Å²) in [5, 5.41) is 0.181. The van der Waals surface area contributed by atoms with Gasteiger partial charge in [-0.2, -0.15) is 0 Å². The summed E-state index contributed by atoms with van der Waals surface area (Å²) in [6, 6.07) is 8.96. The van der Waals surface area contributed by atoms with Crippen LogP contribution in [0.2, 0.25) is 18.1 Å². The number of allylic oxidation sites excluding steroid dienone is 2. The molecule has 0 N–H and O–H groups in total. The molecule has 0 saturated heterocycles. The molecule has 0 heterocycles. The predicted octanol–water partition coefficient (Wildman–Crippen LogP) is 6.15. The van der Waals surface area contributed by atoms with E-state index in [0.29, 0.717) is 12.2 Å². The summed E-state index contributed by atoms with van der Waals surface area (Å²) in [6.07, 6.45) is 3.27. The number of benzene rings is 1. The van der Waals surface area contributed by atoms with Gasteiger partial charge in [0, 0.05) is 0 Å². The van der Waals surface area contributed by atoms with E-state index in [1.54, 1.807) is 12.1 Å². The lowest BCUT2D eigenvalue weighted by Crippen LogP contribution is -2.40. The van der Waals surface area contributed by atoms with Crippen LogP contribution in [-0.4, -0.2) is 27.0 Å². The van der Waals surface area contributed by atoms with Gasteiger partial charge in [-0.1, -0.05) is 50.5 Å². The molecular formula is C24H34O3Si. The van der Waals surface area contributed by atoms with E-state index >= 15 is 0 Å². The van der Waals surface area contributed by atoms with Crippen LogP contribution >= 0.6 is 0 Å². The molecule has 1 aromatic rings. The van der Waals surface area contributed by atoms with Crippen LogP contribution in [0.25, 0.3) is 0 Å². The second kappa shape index (κ2) is 10.5. The van der Waals surface area contributed by atoms with Gasteiger partial charge in [-0.05, 0) is 74.7 Å². The Morgan fingerprint density at radius 1 is 1.14 bits per heavy atom. The second-order valence-electron chi connectivity index (χ2n) is 8.66. The molecule has 0 aliphatic carbocycles. The first-order valence-corrected chi connectivity index (χ1v) is 12.6. The summed E-state index contributed by atoms with van der Waals surface area (Å²) >= 11 is 0. The quantitative estimate of drug-likeness (QED) is 0.249. The van der Waals surface area contributed by atoms with Crippen molar-refractivity contribution in [1.82, 2.24) is 0 Å². The van der Waals surface area contributed by atoms with Gasteiger partial charge in [-0.3, -0.25) is 0 Å². The van der Waals surface area contributed by atoms with E-state index in [4.69, 9.17) is 9.16 Å². The molecule has 3 nitrogen and oxygen atoms in total. The highest BCUT2D eigenvalue weighted by Crippen LogP contribution is 2.36. The van der Waals surface area contributed by atoms with E-state index in [0.717, 1.165) is 11.1 Å². The number of ether oxygens (including phenoxy) is 1. The minimum atomic E-state index is -1.77. The first-order valence-electron chi connectivity index (χ1n) is 9.66. The van der Waals surface area contributed by atoms with Gasteiger partial charge in [0.25, 0.3) is 0 Å². The maximum atomic E-state index is 12.3. The van der Waals surface area contributed by atoms with Gasteiger partial charge in [0.05, 0.1) is 12.2 Å². The average Bonchev–Trinajstić information content (AvgIpc) is 2.58. The van der Waals surface area contributed by atoms with Crippen molar-refractivity contribution in [1.29, 1.82) is 0 Å². The van der Waals surface area contributed by atoms with E-state index in [1.807, 2.05) is 51.1 Å². The van der Waals surface area contributed by atoms with Crippen molar-refractivity contribution < 1.29 is 14.0 Å². The summed E-state index contributed by atoms with van der Waals surface area (Å²) in [6.45, 7) is 17.5. The summed E-state index contributed by atoms with van der Waals surface area (Å²) in [5.74, 6) is 5.77. The Labute approximate surface area is 172 Å². The van der Waals surface area contributed by atoms with Crippen molar-refractivity contribution in [3.8, 4) is 11.8 Å². The van der Waals surface area contributed by atoms with E-state index in [2.05, 4.69) is 45.7 Å². The third kappa shape index (κ3) is 8.29. The molecule has 0 spiro atoms. The maximum Gasteiger partial charge on any atom is 0.339 e. The fourth-order valence-corrected chi connectivity index (χ4v) is 2.93. The van der Waals surface area contributed by atoms with Gasteiger partial charge in [0.1, 0.15) is 0 Å². The zero-order chi connectivity index (χ0) is 21.4. The highest BCUT2D eigenvalue weighted by atomic mass is 28.4. The lowest BCUT2D eigenvalue weighted by atomic mass is 10.2.